The summed E-state index contributed by atoms with van der Waals surface area (Å²) >= 11 is 0. The highest BCUT2D eigenvalue weighted by Gasteiger charge is 2.28. The standard InChI is InChI=1S/C15H29NO/c1-5-7-8-14(6-2)15(17)16-10-12(3)9-13(4)11-16/h12-14H,5-11H2,1-4H3. The van der Waals surface area contributed by atoms with E-state index in [1.165, 1.54) is 19.3 Å². The van der Waals surface area contributed by atoms with Crippen LogP contribution in [0.4, 0.5) is 0 Å². The molecule has 0 aromatic rings. The van der Waals surface area contributed by atoms with E-state index in [4.69, 9.17) is 0 Å². The van der Waals surface area contributed by atoms with Crippen LogP contribution in [0.3, 0.4) is 0 Å². The van der Waals surface area contributed by atoms with E-state index >= 15 is 0 Å². The number of rotatable bonds is 5. The van der Waals surface area contributed by atoms with Gasteiger partial charge in [0.05, 0.1) is 0 Å². The van der Waals surface area contributed by atoms with E-state index in [1.54, 1.807) is 0 Å². The third kappa shape index (κ3) is 4.33. The van der Waals surface area contributed by atoms with Gasteiger partial charge in [-0.05, 0) is 31.1 Å². The summed E-state index contributed by atoms with van der Waals surface area (Å²) in [5.41, 5.74) is 0. The van der Waals surface area contributed by atoms with Crippen molar-refractivity contribution >= 4 is 5.91 Å². The molecule has 17 heavy (non-hydrogen) atoms. The number of nitrogens with zero attached hydrogens (tertiary/aromatic N) is 1. The summed E-state index contributed by atoms with van der Waals surface area (Å²) in [6, 6.07) is 0. The van der Waals surface area contributed by atoms with Crippen molar-refractivity contribution in [1.29, 1.82) is 0 Å². The Bertz CT molecular complexity index is 229. The first-order valence-electron chi connectivity index (χ1n) is 7.37. The highest BCUT2D eigenvalue weighted by atomic mass is 16.2. The molecule has 1 amide bonds. The highest BCUT2D eigenvalue weighted by molar-refractivity contribution is 5.78. The Morgan fingerprint density at radius 1 is 1.24 bits per heavy atom. The maximum atomic E-state index is 12.5. The summed E-state index contributed by atoms with van der Waals surface area (Å²) in [6.45, 7) is 10.8. The Balaban J connectivity index is 2.54. The lowest BCUT2D eigenvalue weighted by Gasteiger charge is -2.37. The average molecular weight is 239 g/mol. The van der Waals surface area contributed by atoms with Crippen LogP contribution in [0.5, 0.6) is 0 Å². The summed E-state index contributed by atoms with van der Waals surface area (Å²) < 4.78 is 0. The largest absolute Gasteiger partial charge is 0.342 e. The van der Waals surface area contributed by atoms with Crippen LogP contribution in [-0.2, 0) is 4.79 Å². The van der Waals surface area contributed by atoms with Gasteiger partial charge in [-0.3, -0.25) is 4.79 Å². The van der Waals surface area contributed by atoms with Gasteiger partial charge in [-0.15, -0.1) is 0 Å². The van der Waals surface area contributed by atoms with Crippen molar-refractivity contribution in [2.75, 3.05) is 13.1 Å². The van der Waals surface area contributed by atoms with Crippen molar-refractivity contribution in [3.8, 4) is 0 Å². The lowest BCUT2D eigenvalue weighted by molar-refractivity contribution is -0.138. The normalized spacial score (nSPS) is 26.9. The molecule has 0 radical (unpaired) electrons. The quantitative estimate of drug-likeness (QED) is 0.716. The summed E-state index contributed by atoms with van der Waals surface area (Å²) in [5, 5.41) is 0. The molecule has 2 nitrogen and oxygen atoms in total. The summed E-state index contributed by atoms with van der Waals surface area (Å²) in [6.07, 6.45) is 5.72. The molecular weight excluding hydrogens is 210 g/mol. The second kappa shape index (κ2) is 7.03. The molecule has 0 N–H and O–H groups in total. The van der Waals surface area contributed by atoms with E-state index in [0.29, 0.717) is 17.7 Å². The average Bonchev–Trinajstić information content (AvgIpc) is 2.28. The topological polar surface area (TPSA) is 20.3 Å². The molecule has 1 saturated heterocycles. The van der Waals surface area contributed by atoms with E-state index in [0.717, 1.165) is 25.9 Å². The van der Waals surface area contributed by atoms with Crippen LogP contribution < -0.4 is 0 Å². The number of hydrogen-bond donors (Lipinski definition) is 0. The molecule has 3 atom stereocenters. The van der Waals surface area contributed by atoms with Crippen LogP contribution in [-0.4, -0.2) is 23.9 Å². The van der Waals surface area contributed by atoms with Gasteiger partial charge in [0.2, 0.25) is 5.91 Å². The molecule has 1 aliphatic heterocycles. The van der Waals surface area contributed by atoms with Gasteiger partial charge in [-0.2, -0.15) is 0 Å². The fourth-order valence-electron chi connectivity index (χ4n) is 3.05. The zero-order valence-electron chi connectivity index (χ0n) is 12.0. The van der Waals surface area contributed by atoms with E-state index in [1.807, 2.05) is 0 Å². The minimum absolute atomic E-state index is 0.271. The molecule has 0 bridgehead atoms. The first-order valence-corrected chi connectivity index (χ1v) is 7.37. The van der Waals surface area contributed by atoms with Crippen molar-refractivity contribution in [3.05, 3.63) is 0 Å². The highest BCUT2D eigenvalue weighted by Crippen LogP contribution is 2.24. The molecule has 100 valence electrons. The Labute approximate surface area is 107 Å². The maximum absolute atomic E-state index is 12.5. The van der Waals surface area contributed by atoms with Crippen LogP contribution >= 0.6 is 0 Å². The summed E-state index contributed by atoms with van der Waals surface area (Å²) in [4.78, 5) is 14.6. The van der Waals surface area contributed by atoms with Crippen LogP contribution in [0, 0.1) is 17.8 Å². The minimum atomic E-state index is 0.271. The fourth-order valence-corrected chi connectivity index (χ4v) is 3.05. The summed E-state index contributed by atoms with van der Waals surface area (Å²) in [5.74, 6) is 2.03. The van der Waals surface area contributed by atoms with Gasteiger partial charge in [0.25, 0.3) is 0 Å². The number of likely N-dealkylation sites (tertiary alicyclic amines) is 1. The predicted molar refractivity (Wildman–Crippen MR) is 72.8 cm³/mol. The van der Waals surface area contributed by atoms with Gasteiger partial charge in [0.15, 0.2) is 0 Å². The Morgan fingerprint density at radius 3 is 2.29 bits per heavy atom. The van der Waals surface area contributed by atoms with Crippen molar-refractivity contribution < 1.29 is 4.79 Å². The molecule has 0 saturated carbocycles. The first kappa shape index (κ1) is 14.5. The molecule has 0 aliphatic carbocycles. The molecule has 0 spiro atoms. The number of amides is 1. The fraction of sp³-hybridized carbons (Fsp3) is 0.933. The number of carbonyl (C=O) groups is 1. The first-order chi connectivity index (χ1) is 8.08. The number of hydrogen-bond acceptors (Lipinski definition) is 1. The molecular formula is C15H29NO. The van der Waals surface area contributed by atoms with Crippen LogP contribution in [0.25, 0.3) is 0 Å². The molecule has 2 heteroatoms. The third-order valence-electron chi connectivity index (χ3n) is 3.93. The maximum Gasteiger partial charge on any atom is 0.225 e. The lowest BCUT2D eigenvalue weighted by Crippen LogP contribution is -2.45. The molecule has 1 rings (SSSR count). The molecule has 0 aromatic heterocycles. The second-order valence-corrected chi connectivity index (χ2v) is 5.94. The smallest absolute Gasteiger partial charge is 0.225 e. The van der Waals surface area contributed by atoms with Gasteiger partial charge >= 0.3 is 0 Å². The number of unbranched alkanes of at least 4 members (excludes halogenated alkanes) is 1. The van der Waals surface area contributed by atoms with E-state index < -0.39 is 0 Å². The monoisotopic (exact) mass is 239 g/mol. The minimum Gasteiger partial charge on any atom is -0.342 e. The SMILES string of the molecule is CCCCC(CC)C(=O)N1CC(C)CC(C)C1. The molecule has 0 aromatic carbocycles. The van der Waals surface area contributed by atoms with E-state index in [2.05, 4.69) is 32.6 Å². The molecule has 1 heterocycles. The van der Waals surface area contributed by atoms with Gasteiger partial charge in [0.1, 0.15) is 0 Å². The van der Waals surface area contributed by atoms with Crippen molar-refractivity contribution in [2.45, 2.75) is 59.8 Å². The number of piperidine rings is 1. The molecule has 1 fully saturated rings. The third-order valence-corrected chi connectivity index (χ3v) is 3.93. The van der Waals surface area contributed by atoms with Crippen LogP contribution in [0.2, 0.25) is 0 Å². The summed E-state index contributed by atoms with van der Waals surface area (Å²) in [7, 11) is 0. The zero-order chi connectivity index (χ0) is 12.8. The van der Waals surface area contributed by atoms with Crippen molar-refractivity contribution in [1.82, 2.24) is 4.90 Å². The van der Waals surface area contributed by atoms with Crippen LogP contribution in [0.1, 0.15) is 59.8 Å². The lowest BCUT2D eigenvalue weighted by atomic mass is 9.89. The van der Waals surface area contributed by atoms with Gasteiger partial charge < -0.3 is 4.90 Å². The van der Waals surface area contributed by atoms with Crippen LogP contribution in [0.15, 0.2) is 0 Å². The van der Waals surface area contributed by atoms with E-state index in [9.17, 15) is 4.79 Å². The van der Waals surface area contributed by atoms with E-state index in [-0.39, 0.29) is 5.92 Å². The van der Waals surface area contributed by atoms with Crippen molar-refractivity contribution in [3.63, 3.8) is 0 Å². The Hall–Kier alpha value is -0.530. The van der Waals surface area contributed by atoms with Gasteiger partial charge in [-0.1, -0.05) is 40.5 Å². The van der Waals surface area contributed by atoms with Gasteiger partial charge in [0, 0.05) is 19.0 Å². The zero-order valence-corrected chi connectivity index (χ0v) is 12.0. The van der Waals surface area contributed by atoms with Gasteiger partial charge in [-0.25, -0.2) is 0 Å². The molecule has 3 unspecified atom stereocenters. The Morgan fingerprint density at radius 2 is 1.82 bits per heavy atom. The number of carbonyl (C=O) groups excluding carboxylic acids is 1. The predicted octanol–water partition coefficient (Wildman–Crippen LogP) is 3.71. The second-order valence-electron chi connectivity index (χ2n) is 5.94. The molecule has 1 aliphatic rings. The van der Waals surface area contributed by atoms with Crippen molar-refractivity contribution in [2.24, 2.45) is 17.8 Å². The Kier molecular flexibility index (Phi) is 6.01.